The molecule has 3 aromatic carbocycles. The zero-order chi connectivity index (χ0) is 22.5. The van der Waals surface area contributed by atoms with E-state index in [2.05, 4.69) is 5.32 Å². The number of ether oxygens (including phenoxy) is 1. The predicted molar refractivity (Wildman–Crippen MR) is 121 cm³/mol. The van der Waals surface area contributed by atoms with Gasteiger partial charge in [0.1, 0.15) is 17.6 Å². The first-order valence-corrected chi connectivity index (χ1v) is 10.1. The lowest BCUT2D eigenvalue weighted by Gasteiger charge is -2.11. The van der Waals surface area contributed by atoms with Crippen molar-refractivity contribution in [3.05, 3.63) is 99.7 Å². The van der Waals surface area contributed by atoms with Crippen LogP contribution in [0.2, 0.25) is 0 Å². The first-order chi connectivity index (χ1) is 15.6. The molecule has 4 rings (SSSR count). The Morgan fingerprint density at radius 3 is 2.62 bits per heavy atom. The van der Waals surface area contributed by atoms with Crippen LogP contribution < -0.4 is 15.5 Å². The van der Waals surface area contributed by atoms with Gasteiger partial charge in [-0.25, -0.2) is 0 Å². The van der Waals surface area contributed by atoms with Gasteiger partial charge in [-0.1, -0.05) is 48.5 Å². The van der Waals surface area contributed by atoms with Gasteiger partial charge in [-0.3, -0.25) is 9.59 Å². The number of carbonyl (C=O) groups is 1. The molecule has 158 valence electrons. The van der Waals surface area contributed by atoms with E-state index in [4.69, 9.17) is 14.4 Å². The maximum Gasteiger partial charge on any atom is 0.255 e. The third kappa shape index (κ3) is 4.23. The van der Waals surface area contributed by atoms with E-state index in [1.54, 1.807) is 43.3 Å². The van der Waals surface area contributed by atoms with Crippen LogP contribution in [0.3, 0.4) is 0 Å². The molecule has 0 fully saturated rings. The Hall–Kier alpha value is -4.37. The van der Waals surface area contributed by atoms with Crippen molar-refractivity contribution >= 4 is 16.9 Å². The van der Waals surface area contributed by atoms with Crippen LogP contribution in [0.25, 0.3) is 22.3 Å². The van der Waals surface area contributed by atoms with Crippen LogP contribution in [0, 0.1) is 18.3 Å². The lowest BCUT2D eigenvalue weighted by molar-refractivity contribution is 0.0951. The summed E-state index contributed by atoms with van der Waals surface area (Å²) in [6.07, 6.45) is 0. The number of carbonyl (C=O) groups excluding carboxylic acids is 1. The van der Waals surface area contributed by atoms with E-state index in [0.29, 0.717) is 22.5 Å². The summed E-state index contributed by atoms with van der Waals surface area (Å²) in [7, 11) is 0. The van der Waals surface area contributed by atoms with Crippen molar-refractivity contribution in [2.45, 2.75) is 13.5 Å². The van der Waals surface area contributed by atoms with Crippen LogP contribution in [0.15, 0.2) is 82.0 Å². The van der Waals surface area contributed by atoms with Gasteiger partial charge in [0.05, 0.1) is 10.9 Å². The number of hydrogen-bond donors (Lipinski definition) is 1. The summed E-state index contributed by atoms with van der Waals surface area (Å²) in [5.74, 6) is 0.646. The molecule has 32 heavy (non-hydrogen) atoms. The molecule has 4 aromatic rings. The molecule has 0 atom stereocenters. The van der Waals surface area contributed by atoms with Crippen molar-refractivity contribution in [1.82, 2.24) is 5.32 Å². The fraction of sp³-hybridized carbons (Fsp3) is 0.115. The Balaban J connectivity index is 1.66. The molecule has 0 aliphatic heterocycles. The van der Waals surface area contributed by atoms with Gasteiger partial charge in [-0.2, -0.15) is 5.26 Å². The molecule has 0 aliphatic rings. The summed E-state index contributed by atoms with van der Waals surface area (Å²) in [5.41, 5.74) is 2.46. The molecule has 6 heteroatoms. The molecular formula is C26H20N2O4. The van der Waals surface area contributed by atoms with E-state index < -0.39 is 0 Å². The third-order valence-corrected chi connectivity index (χ3v) is 5.08. The number of rotatable bonds is 6. The Kier molecular flexibility index (Phi) is 6.00. The molecule has 1 N–H and O–H groups in total. The molecule has 0 saturated heterocycles. The van der Waals surface area contributed by atoms with Gasteiger partial charge in [0.15, 0.2) is 17.6 Å². The zero-order valence-electron chi connectivity index (χ0n) is 17.4. The van der Waals surface area contributed by atoms with Crippen molar-refractivity contribution in [1.29, 1.82) is 5.26 Å². The molecule has 0 radical (unpaired) electrons. The van der Waals surface area contributed by atoms with E-state index in [1.165, 1.54) is 0 Å². The van der Waals surface area contributed by atoms with E-state index in [9.17, 15) is 9.59 Å². The first-order valence-electron chi connectivity index (χ1n) is 10.1. The van der Waals surface area contributed by atoms with Crippen LogP contribution in [-0.2, 0) is 6.54 Å². The molecule has 0 bridgehead atoms. The topological polar surface area (TPSA) is 92.3 Å². The highest BCUT2D eigenvalue weighted by Gasteiger charge is 2.18. The summed E-state index contributed by atoms with van der Waals surface area (Å²) in [4.78, 5) is 26.0. The highest BCUT2D eigenvalue weighted by molar-refractivity contribution is 6.05. The standard InChI is InChI=1S/C26H20N2O4/c1-17-23(29)21-11-6-12-22(25(21)32-24(17)19-8-3-2-4-9-19)26(30)28-16-18-7-5-10-20(15-18)31-14-13-27/h2-12,15H,14,16H2,1H3,(H,28,30). The molecular weight excluding hydrogens is 404 g/mol. The van der Waals surface area contributed by atoms with Crippen molar-refractivity contribution in [2.75, 3.05) is 6.61 Å². The molecule has 0 aliphatic carbocycles. The molecule has 0 saturated carbocycles. The molecule has 0 unspecified atom stereocenters. The Bertz CT molecular complexity index is 1380. The zero-order valence-corrected chi connectivity index (χ0v) is 17.4. The lowest BCUT2D eigenvalue weighted by Crippen LogP contribution is -2.23. The van der Waals surface area contributed by atoms with Gasteiger partial charge in [0, 0.05) is 17.7 Å². The maximum absolute atomic E-state index is 13.0. The monoisotopic (exact) mass is 424 g/mol. The SMILES string of the molecule is Cc1c(-c2ccccc2)oc2c(C(=O)NCc3cccc(OCC#N)c3)cccc2c1=O. The van der Waals surface area contributed by atoms with Gasteiger partial charge in [0.25, 0.3) is 5.91 Å². The van der Waals surface area contributed by atoms with Crippen molar-refractivity contribution in [2.24, 2.45) is 0 Å². The minimum atomic E-state index is -0.357. The fourth-order valence-electron chi connectivity index (χ4n) is 3.49. The average molecular weight is 424 g/mol. The number of nitrogens with one attached hydrogen (secondary N) is 1. The molecule has 6 nitrogen and oxygen atoms in total. The van der Waals surface area contributed by atoms with Crippen LogP contribution in [-0.4, -0.2) is 12.5 Å². The second kappa shape index (κ2) is 9.19. The third-order valence-electron chi connectivity index (χ3n) is 5.08. The van der Waals surface area contributed by atoms with Gasteiger partial charge in [-0.15, -0.1) is 0 Å². The number of benzene rings is 3. The second-order valence-electron chi connectivity index (χ2n) is 7.21. The van der Waals surface area contributed by atoms with Crippen LogP contribution in [0.5, 0.6) is 5.75 Å². The van der Waals surface area contributed by atoms with Gasteiger partial charge >= 0.3 is 0 Å². The minimum Gasteiger partial charge on any atom is -0.479 e. The van der Waals surface area contributed by atoms with E-state index in [1.807, 2.05) is 42.5 Å². The number of amides is 1. The highest BCUT2D eigenvalue weighted by Crippen LogP contribution is 2.27. The van der Waals surface area contributed by atoms with Crippen molar-refractivity contribution in [3.63, 3.8) is 0 Å². The fourth-order valence-corrected chi connectivity index (χ4v) is 3.49. The summed E-state index contributed by atoms with van der Waals surface area (Å²) < 4.78 is 11.4. The van der Waals surface area contributed by atoms with Gasteiger partial charge in [-0.05, 0) is 36.8 Å². The van der Waals surface area contributed by atoms with Gasteiger partial charge in [0.2, 0.25) is 0 Å². The Labute approximate surface area is 184 Å². The van der Waals surface area contributed by atoms with Crippen molar-refractivity contribution < 1.29 is 13.9 Å². The molecule has 0 spiro atoms. The number of para-hydroxylation sites is 1. The number of hydrogen-bond acceptors (Lipinski definition) is 5. The number of nitriles is 1. The van der Waals surface area contributed by atoms with Crippen LogP contribution in [0.1, 0.15) is 21.5 Å². The highest BCUT2D eigenvalue weighted by atomic mass is 16.5. The van der Waals surface area contributed by atoms with E-state index >= 15 is 0 Å². The van der Waals surface area contributed by atoms with Gasteiger partial charge < -0.3 is 14.5 Å². The van der Waals surface area contributed by atoms with Crippen LogP contribution in [0.4, 0.5) is 0 Å². The molecule has 1 aromatic heterocycles. The average Bonchev–Trinajstić information content (AvgIpc) is 2.84. The van der Waals surface area contributed by atoms with Crippen LogP contribution >= 0.6 is 0 Å². The largest absolute Gasteiger partial charge is 0.479 e. The second-order valence-corrected chi connectivity index (χ2v) is 7.21. The van der Waals surface area contributed by atoms with E-state index in [0.717, 1.165) is 11.1 Å². The maximum atomic E-state index is 13.0. The minimum absolute atomic E-state index is 0.0476. The molecule has 1 amide bonds. The Morgan fingerprint density at radius 1 is 1.06 bits per heavy atom. The number of nitrogens with zero attached hydrogens (tertiary/aromatic N) is 1. The normalized spacial score (nSPS) is 10.5. The summed E-state index contributed by atoms with van der Waals surface area (Å²) in [5, 5.41) is 11.9. The molecule has 1 heterocycles. The quantitative estimate of drug-likeness (QED) is 0.488. The lowest BCUT2D eigenvalue weighted by atomic mass is 10.0. The van der Waals surface area contributed by atoms with E-state index in [-0.39, 0.29) is 35.6 Å². The first kappa shape index (κ1) is 20.9. The predicted octanol–water partition coefficient (Wildman–Crippen LogP) is 4.60. The van der Waals surface area contributed by atoms with Crippen molar-refractivity contribution in [3.8, 4) is 23.1 Å². The smallest absolute Gasteiger partial charge is 0.255 e. The summed E-state index contributed by atoms with van der Waals surface area (Å²) in [6, 6.07) is 23.4. The summed E-state index contributed by atoms with van der Waals surface area (Å²) >= 11 is 0. The summed E-state index contributed by atoms with van der Waals surface area (Å²) in [6.45, 7) is 1.93. The Morgan fingerprint density at radius 2 is 1.84 bits per heavy atom. The number of fused-ring (bicyclic) bond motifs is 1.